The molecule has 29 heavy (non-hydrogen) atoms. The number of hydrogen-bond donors (Lipinski definition) is 0. The van der Waals surface area contributed by atoms with E-state index in [0.717, 1.165) is 57.6 Å². The van der Waals surface area contributed by atoms with Crippen molar-refractivity contribution in [3.8, 4) is 0 Å². The van der Waals surface area contributed by atoms with E-state index < -0.39 is 0 Å². The highest BCUT2D eigenvalue weighted by Crippen LogP contribution is 2.24. The molecule has 0 spiro atoms. The minimum atomic E-state index is -0.385. The fraction of sp³-hybridized carbons (Fsp3) is 0.368. The van der Waals surface area contributed by atoms with E-state index in [1.165, 1.54) is 0 Å². The van der Waals surface area contributed by atoms with Gasteiger partial charge in [-0.05, 0) is 24.3 Å². The fourth-order valence-electron chi connectivity index (χ4n) is 3.80. The van der Waals surface area contributed by atoms with Gasteiger partial charge in [0, 0.05) is 61.8 Å². The van der Waals surface area contributed by atoms with Gasteiger partial charge in [0.05, 0.1) is 29.9 Å². The van der Waals surface area contributed by atoms with Gasteiger partial charge in [-0.2, -0.15) is 0 Å². The average molecular weight is 398 g/mol. The van der Waals surface area contributed by atoms with Crippen LogP contribution in [0, 0.1) is 20.2 Å². The monoisotopic (exact) mass is 398 g/mol. The Morgan fingerprint density at radius 3 is 1.38 bits per heavy atom. The Kier molecular flexibility index (Phi) is 5.28. The first-order chi connectivity index (χ1) is 14.0. The number of hydrogen-bond acceptors (Lipinski definition) is 8. The van der Waals surface area contributed by atoms with Crippen LogP contribution in [0.5, 0.6) is 0 Å². The Morgan fingerprint density at radius 2 is 1.03 bits per heavy atom. The predicted octanol–water partition coefficient (Wildman–Crippen LogP) is 2.32. The van der Waals surface area contributed by atoms with Crippen LogP contribution >= 0.6 is 0 Å². The van der Waals surface area contributed by atoms with Crippen LogP contribution in [0.2, 0.25) is 0 Å². The standard InChI is InChI=1S/C19H22N6O4/c26-24(27)18-5-1-16(2-6-18)22-11-9-20(14-22)13-21-10-12-23(15-21)17-3-7-19(8-4-17)25(28)29/h1-8H,9-15H2. The van der Waals surface area contributed by atoms with Crippen LogP contribution < -0.4 is 9.80 Å². The number of non-ortho nitro benzene ring substituents is 2. The van der Waals surface area contributed by atoms with Crippen LogP contribution in [0.15, 0.2) is 48.5 Å². The molecule has 2 saturated heterocycles. The van der Waals surface area contributed by atoms with E-state index in [9.17, 15) is 20.2 Å². The SMILES string of the molecule is O=[N+]([O-])c1ccc(N2CCN(CN3CCN(c4ccc([N+](=O)[O-])cc4)C3)C2)cc1. The van der Waals surface area contributed by atoms with Crippen molar-refractivity contribution in [2.24, 2.45) is 0 Å². The second kappa shape index (κ2) is 8.02. The normalized spacial score (nSPS) is 17.8. The summed E-state index contributed by atoms with van der Waals surface area (Å²) in [7, 11) is 0. The van der Waals surface area contributed by atoms with Crippen molar-refractivity contribution in [3.05, 3.63) is 68.8 Å². The molecule has 0 N–H and O–H groups in total. The maximum Gasteiger partial charge on any atom is 0.269 e. The van der Waals surface area contributed by atoms with Crippen LogP contribution in [0.4, 0.5) is 22.7 Å². The first-order valence-electron chi connectivity index (χ1n) is 9.43. The highest BCUT2D eigenvalue weighted by molar-refractivity contribution is 5.52. The van der Waals surface area contributed by atoms with Crippen molar-refractivity contribution < 1.29 is 9.85 Å². The molecule has 0 aromatic heterocycles. The molecule has 0 aliphatic carbocycles. The van der Waals surface area contributed by atoms with E-state index in [-0.39, 0.29) is 21.2 Å². The number of rotatable bonds is 6. The van der Waals surface area contributed by atoms with Crippen molar-refractivity contribution in [3.63, 3.8) is 0 Å². The van der Waals surface area contributed by atoms with E-state index in [0.29, 0.717) is 0 Å². The highest BCUT2D eigenvalue weighted by Gasteiger charge is 2.26. The Hall–Kier alpha value is -3.24. The first-order valence-corrected chi connectivity index (χ1v) is 9.43. The van der Waals surface area contributed by atoms with Crippen molar-refractivity contribution in [1.82, 2.24) is 9.80 Å². The van der Waals surface area contributed by atoms with Gasteiger partial charge in [-0.25, -0.2) is 0 Å². The lowest BCUT2D eigenvalue weighted by Crippen LogP contribution is -2.37. The topological polar surface area (TPSA) is 99.2 Å². The minimum absolute atomic E-state index is 0.105. The summed E-state index contributed by atoms with van der Waals surface area (Å²) in [6.45, 7) is 6.05. The minimum Gasteiger partial charge on any atom is -0.357 e. The van der Waals surface area contributed by atoms with E-state index >= 15 is 0 Å². The summed E-state index contributed by atoms with van der Waals surface area (Å²) in [5, 5.41) is 21.6. The van der Waals surface area contributed by atoms with Gasteiger partial charge in [-0.3, -0.25) is 30.0 Å². The van der Waals surface area contributed by atoms with Gasteiger partial charge in [0.1, 0.15) is 0 Å². The molecule has 10 heteroatoms. The van der Waals surface area contributed by atoms with Crippen molar-refractivity contribution in [2.75, 3.05) is 56.0 Å². The van der Waals surface area contributed by atoms with Gasteiger partial charge in [0.2, 0.25) is 0 Å². The summed E-state index contributed by atoms with van der Waals surface area (Å²) in [5.41, 5.74) is 2.19. The molecule has 2 aromatic carbocycles. The van der Waals surface area contributed by atoms with Crippen molar-refractivity contribution >= 4 is 22.7 Å². The summed E-state index contributed by atoms with van der Waals surface area (Å²) >= 11 is 0. The van der Waals surface area contributed by atoms with Gasteiger partial charge in [0.15, 0.2) is 0 Å². The van der Waals surface area contributed by atoms with Gasteiger partial charge in [0.25, 0.3) is 11.4 Å². The van der Waals surface area contributed by atoms with Crippen LogP contribution in [0.3, 0.4) is 0 Å². The molecule has 2 aliphatic heterocycles. The van der Waals surface area contributed by atoms with Crippen LogP contribution in [0.1, 0.15) is 0 Å². The molecule has 2 fully saturated rings. The quantitative estimate of drug-likeness (QED) is 0.540. The average Bonchev–Trinajstić information content (AvgIpc) is 3.38. The second-order valence-electron chi connectivity index (χ2n) is 7.29. The maximum atomic E-state index is 10.8. The molecule has 2 aliphatic rings. The molecule has 4 rings (SSSR count). The lowest BCUT2D eigenvalue weighted by Gasteiger charge is -2.25. The molecule has 0 bridgehead atoms. The van der Waals surface area contributed by atoms with Gasteiger partial charge >= 0.3 is 0 Å². The summed E-state index contributed by atoms with van der Waals surface area (Å²) < 4.78 is 0. The molecular weight excluding hydrogens is 376 g/mol. The number of anilines is 2. The zero-order valence-corrected chi connectivity index (χ0v) is 15.9. The summed E-state index contributed by atoms with van der Waals surface area (Å²) in [5.74, 6) is 0. The van der Waals surface area contributed by atoms with Gasteiger partial charge in [-0.1, -0.05) is 0 Å². The molecule has 0 radical (unpaired) electrons. The lowest BCUT2D eigenvalue weighted by atomic mass is 10.2. The predicted molar refractivity (Wildman–Crippen MR) is 109 cm³/mol. The van der Waals surface area contributed by atoms with Gasteiger partial charge < -0.3 is 9.80 Å². The summed E-state index contributed by atoms with van der Waals surface area (Å²) in [4.78, 5) is 30.0. The third-order valence-electron chi connectivity index (χ3n) is 5.37. The van der Waals surface area contributed by atoms with Crippen LogP contribution in [-0.2, 0) is 0 Å². The largest absolute Gasteiger partial charge is 0.357 e. The Balaban J connectivity index is 1.29. The van der Waals surface area contributed by atoms with Crippen LogP contribution in [0.25, 0.3) is 0 Å². The maximum absolute atomic E-state index is 10.8. The molecule has 10 nitrogen and oxygen atoms in total. The first kappa shape index (κ1) is 19.1. The third-order valence-corrected chi connectivity index (χ3v) is 5.37. The van der Waals surface area contributed by atoms with Crippen molar-refractivity contribution in [2.45, 2.75) is 0 Å². The molecule has 0 atom stereocenters. The smallest absolute Gasteiger partial charge is 0.269 e. The molecule has 0 amide bonds. The molecular formula is C19H22N6O4. The highest BCUT2D eigenvalue weighted by atomic mass is 16.6. The van der Waals surface area contributed by atoms with Crippen LogP contribution in [-0.4, -0.2) is 65.8 Å². The zero-order chi connectivity index (χ0) is 20.4. The second-order valence-corrected chi connectivity index (χ2v) is 7.29. The number of nitro groups is 2. The number of nitrogens with zero attached hydrogens (tertiary/aromatic N) is 6. The molecule has 0 saturated carbocycles. The van der Waals surface area contributed by atoms with E-state index in [1.54, 1.807) is 48.5 Å². The van der Waals surface area contributed by atoms with E-state index in [2.05, 4.69) is 19.6 Å². The number of nitro benzene ring substituents is 2. The molecule has 0 unspecified atom stereocenters. The number of benzene rings is 2. The molecule has 152 valence electrons. The fourth-order valence-corrected chi connectivity index (χ4v) is 3.80. The summed E-state index contributed by atoms with van der Waals surface area (Å²) in [6.07, 6.45) is 0. The molecule has 2 heterocycles. The third kappa shape index (κ3) is 4.28. The summed E-state index contributed by atoms with van der Waals surface area (Å²) in [6, 6.07) is 13.4. The Morgan fingerprint density at radius 1 is 0.655 bits per heavy atom. The van der Waals surface area contributed by atoms with E-state index in [1.807, 2.05) is 0 Å². The Bertz CT molecular complexity index is 815. The Labute approximate surface area is 167 Å². The zero-order valence-electron chi connectivity index (χ0n) is 15.9. The lowest BCUT2D eigenvalue weighted by molar-refractivity contribution is -0.385. The molecule has 2 aromatic rings. The van der Waals surface area contributed by atoms with Gasteiger partial charge in [-0.15, -0.1) is 0 Å². The van der Waals surface area contributed by atoms with E-state index in [4.69, 9.17) is 0 Å². The van der Waals surface area contributed by atoms with Crippen molar-refractivity contribution in [1.29, 1.82) is 0 Å².